The Bertz CT molecular complexity index is 514. The minimum atomic E-state index is 0.0396. The highest BCUT2D eigenvalue weighted by molar-refractivity contribution is 5.94. The van der Waals surface area contributed by atoms with Crippen molar-refractivity contribution in [3.8, 4) is 5.75 Å². The molecule has 2 fully saturated rings. The predicted molar refractivity (Wildman–Crippen MR) is 84.0 cm³/mol. The number of amides is 1. The first kappa shape index (κ1) is 15.3. The van der Waals surface area contributed by atoms with Gasteiger partial charge in [-0.1, -0.05) is 6.07 Å². The summed E-state index contributed by atoms with van der Waals surface area (Å²) in [6, 6.07) is 7.49. The molecule has 0 bridgehead atoms. The molecule has 0 spiro atoms. The molecule has 0 unspecified atom stereocenters. The Balaban J connectivity index is 1.61. The summed E-state index contributed by atoms with van der Waals surface area (Å²) < 4.78 is 11.3. The lowest BCUT2D eigenvalue weighted by Crippen LogP contribution is -2.45. The number of hydrogen-bond donors (Lipinski definition) is 1. The van der Waals surface area contributed by atoms with E-state index in [4.69, 9.17) is 15.2 Å². The van der Waals surface area contributed by atoms with Gasteiger partial charge in [-0.2, -0.15) is 0 Å². The van der Waals surface area contributed by atoms with Gasteiger partial charge in [0.05, 0.1) is 6.10 Å². The van der Waals surface area contributed by atoms with Crippen LogP contribution in [-0.2, 0) is 4.74 Å². The summed E-state index contributed by atoms with van der Waals surface area (Å²) >= 11 is 0. The van der Waals surface area contributed by atoms with Crippen LogP contribution in [0.5, 0.6) is 5.75 Å². The molecular formula is C17H24N2O3. The van der Waals surface area contributed by atoms with E-state index in [0.717, 1.165) is 44.6 Å². The third-order valence-corrected chi connectivity index (χ3v) is 4.29. The molecule has 0 aromatic heterocycles. The van der Waals surface area contributed by atoms with Gasteiger partial charge in [0.25, 0.3) is 5.91 Å². The van der Waals surface area contributed by atoms with Crippen LogP contribution in [0.2, 0.25) is 0 Å². The molecule has 3 rings (SSSR count). The van der Waals surface area contributed by atoms with Gasteiger partial charge in [0.15, 0.2) is 0 Å². The van der Waals surface area contributed by atoms with E-state index < -0.39 is 0 Å². The highest BCUT2D eigenvalue weighted by atomic mass is 16.5. The SMILES string of the molecule is N[C@@H]1CCCN(C(=O)c2cccc(OC[C@H]3CCCO3)c2)C1. The second-order valence-corrected chi connectivity index (χ2v) is 6.13. The molecule has 5 nitrogen and oxygen atoms in total. The number of benzene rings is 1. The fourth-order valence-corrected chi connectivity index (χ4v) is 3.06. The molecule has 2 atom stereocenters. The minimum absolute atomic E-state index is 0.0396. The quantitative estimate of drug-likeness (QED) is 0.921. The van der Waals surface area contributed by atoms with Crippen molar-refractivity contribution < 1.29 is 14.3 Å². The number of rotatable bonds is 4. The number of carbonyl (C=O) groups excluding carboxylic acids is 1. The largest absolute Gasteiger partial charge is 0.491 e. The number of piperidine rings is 1. The van der Waals surface area contributed by atoms with Gasteiger partial charge in [-0.15, -0.1) is 0 Å². The topological polar surface area (TPSA) is 64.8 Å². The average molecular weight is 304 g/mol. The summed E-state index contributed by atoms with van der Waals surface area (Å²) in [5.41, 5.74) is 6.62. The van der Waals surface area contributed by atoms with Crippen LogP contribution in [0.15, 0.2) is 24.3 Å². The number of nitrogens with zero attached hydrogens (tertiary/aromatic N) is 1. The smallest absolute Gasteiger partial charge is 0.254 e. The number of ether oxygens (including phenoxy) is 2. The van der Waals surface area contributed by atoms with E-state index in [-0.39, 0.29) is 18.1 Å². The van der Waals surface area contributed by atoms with Crippen molar-refractivity contribution in [3.63, 3.8) is 0 Å². The molecule has 1 aromatic carbocycles. The molecule has 2 saturated heterocycles. The number of hydrogen-bond acceptors (Lipinski definition) is 4. The number of likely N-dealkylation sites (tertiary alicyclic amines) is 1. The van der Waals surface area contributed by atoms with Crippen LogP contribution in [0.25, 0.3) is 0 Å². The van der Waals surface area contributed by atoms with Crippen molar-refractivity contribution in [3.05, 3.63) is 29.8 Å². The maximum Gasteiger partial charge on any atom is 0.254 e. The first-order valence-corrected chi connectivity index (χ1v) is 8.12. The van der Waals surface area contributed by atoms with Crippen molar-refractivity contribution >= 4 is 5.91 Å². The molecule has 5 heteroatoms. The molecule has 0 saturated carbocycles. The fraction of sp³-hybridized carbons (Fsp3) is 0.588. The van der Waals surface area contributed by atoms with E-state index in [1.165, 1.54) is 0 Å². The van der Waals surface area contributed by atoms with Gasteiger partial charge in [0, 0.05) is 31.3 Å². The lowest BCUT2D eigenvalue weighted by molar-refractivity contribution is 0.0674. The first-order chi connectivity index (χ1) is 10.7. The van der Waals surface area contributed by atoms with Crippen molar-refractivity contribution in [1.82, 2.24) is 4.90 Å². The normalized spacial score (nSPS) is 25.2. The van der Waals surface area contributed by atoms with Gasteiger partial charge in [0.2, 0.25) is 0 Å². The highest BCUT2D eigenvalue weighted by Crippen LogP contribution is 2.19. The van der Waals surface area contributed by atoms with Gasteiger partial charge in [-0.25, -0.2) is 0 Å². The Hall–Kier alpha value is -1.59. The zero-order chi connectivity index (χ0) is 15.4. The second-order valence-electron chi connectivity index (χ2n) is 6.13. The number of carbonyl (C=O) groups is 1. The van der Waals surface area contributed by atoms with Crippen molar-refractivity contribution in [2.75, 3.05) is 26.3 Å². The monoisotopic (exact) mass is 304 g/mol. The summed E-state index contributed by atoms with van der Waals surface area (Å²) in [6.45, 7) is 2.79. The molecule has 1 amide bonds. The Morgan fingerprint density at radius 3 is 3.05 bits per heavy atom. The third kappa shape index (κ3) is 3.78. The van der Waals surface area contributed by atoms with Crippen LogP contribution in [0.1, 0.15) is 36.0 Å². The van der Waals surface area contributed by atoms with Crippen LogP contribution in [0.4, 0.5) is 0 Å². The van der Waals surface area contributed by atoms with Gasteiger partial charge in [0.1, 0.15) is 12.4 Å². The Morgan fingerprint density at radius 2 is 2.27 bits per heavy atom. The lowest BCUT2D eigenvalue weighted by Gasteiger charge is -2.30. The molecule has 22 heavy (non-hydrogen) atoms. The lowest BCUT2D eigenvalue weighted by atomic mass is 10.1. The minimum Gasteiger partial charge on any atom is -0.491 e. The van der Waals surface area contributed by atoms with Gasteiger partial charge in [-0.3, -0.25) is 4.79 Å². The van der Waals surface area contributed by atoms with Crippen LogP contribution in [-0.4, -0.2) is 49.3 Å². The summed E-state index contributed by atoms with van der Waals surface area (Å²) in [7, 11) is 0. The van der Waals surface area contributed by atoms with E-state index in [1.54, 1.807) is 0 Å². The summed E-state index contributed by atoms with van der Waals surface area (Å²) in [5, 5.41) is 0. The molecule has 120 valence electrons. The van der Waals surface area contributed by atoms with E-state index in [0.29, 0.717) is 18.7 Å². The standard InChI is InChI=1S/C17H24N2O3/c18-14-5-2-8-19(11-14)17(20)13-4-1-6-15(10-13)22-12-16-7-3-9-21-16/h1,4,6,10,14,16H,2-3,5,7-9,11-12,18H2/t14-,16-/m1/s1. The van der Waals surface area contributed by atoms with Crippen LogP contribution < -0.4 is 10.5 Å². The molecule has 1 aromatic rings. The molecule has 2 aliphatic rings. The van der Waals surface area contributed by atoms with Crippen molar-refractivity contribution in [2.45, 2.75) is 37.8 Å². The van der Waals surface area contributed by atoms with Crippen LogP contribution in [0, 0.1) is 0 Å². The summed E-state index contributed by atoms with van der Waals surface area (Å²) in [6.07, 6.45) is 4.29. The Labute approximate surface area is 131 Å². The molecule has 0 radical (unpaired) electrons. The van der Waals surface area contributed by atoms with Gasteiger partial charge >= 0.3 is 0 Å². The molecule has 2 heterocycles. The van der Waals surface area contributed by atoms with Crippen LogP contribution >= 0.6 is 0 Å². The van der Waals surface area contributed by atoms with Crippen molar-refractivity contribution in [2.24, 2.45) is 5.73 Å². The second kappa shape index (κ2) is 7.11. The summed E-state index contributed by atoms with van der Waals surface area (Å²) in [5.74, 6) is 0.764. The highest BCUT2D eigenvalue weighted by Gasteiger charge is 2.22. The molecule has 2 N–H and O–H groups in total. The molecular weight excluding hydrogens is 280 g/mol. The average Bonchev–Trinajstić information content (AvgIpc) is 3.06. The maximum atomic E-state index is 12.5. The summed E-state index contributed by atoms with van der Waals surface area (Å²) in [4.78, 5) is 14.4. The zero-order valence-electron chi connectivity index (χ0n) is 12.9. The van der Waals surface area contributed by atoms with Gasteiger partial charge < -0.3 is 20.1 Å². The van der Waals surface area contributed by atoms with Crippen LogP contribution in [0.3, 0.4) is 0 Å². The van der Waals surface area contributed by atoms with E-state index in [9.17, 15) is 4.79 Å². The predicted octanol–water partition coefficient (Wildman–Crippen LogP) is 1.81. The van der Waals surface area contributed by atoms with E-state index >= 15 is 0 Å². The molecule has 0 aliphatic carbocycles. The van der Waals surface area contributed by atoms with E-state index in [2.05, 4.69) is 0 Å². The first-order valence-electron chi connectivity index (χ1n) is 8.12. The zero-order valence-corrected chi connectivity index (χ0v) is 12.9. The third-order valence-electron chi connectivity index (χ3n) is 4.29. The maximum absolute atomic E-state index is 12.5. The number of nitrogens with two attached hydrogens (primary N) is 1. The van der Waals surface area contributed by atoms with E-state index in [1.807, 2.05) is 29.2 Å². The van der Waals surface area contributed by atoms with Crippen molar-refractivity contribution in [1.29, 1.82) is 0 Å². The fourth-order valence-electron chi connectivity index (χ4n) is 3.06. The van der Waals surface area contributed by atoms with Gasteiger partial charge in [-0.05, 0) is 43.9 Å². The Morgan fingerprint density at radius 1 is 1.36 bits per heavy atom. The Kier molecular flexibility index (Phi) is 4.95. The molecule has 2 aliphatic heterocycles.